The molecule has 4 nitrogen and oxygen atoms in total. The van der Waals surface area contributed by atoms with Gasteiger partial charge >= 0.3 is 0 Å². The number of hydrogen-bond donors (Lipinski definition) is 2. The van der Waals surface area contributed by atoms with Gasteiger partial charge in [-0.05, 0) is 60.8 Å². The molecule has 0 aromatic carbocycles. The van der Waals surface area contributed by atoms with Gasteiger partial charge in [-0.2, -0.15) is 0 Å². The first-order chi connectivity index (χ1) is 11.2. The summed E-state index contributed by atoms with van der Waals surface area (Å²) in [7, 11) is 0. The summed E-state index contributed by atoms with van der Waals surface area (Å²) < 4.78 is 0. The van der Waals surface area contributed by atoms with Gasteiger partial charge in [-0.1, -0.05) is 12.5 Å². The van der Waals surface area contributed by atoms with E-state index in [2.05, 4.69) is 10.6 Å². The summed E-state index contributed by atoms with van der Waals surface area (Å²) in [4.78, 5) is 24.7. The van der Waals surface area contributed by atoms with E-state index in [9.17, 15) is 9.59 Å². The zero-order valence-electron chi connectivity index (χ0n) is 13.3. The highest BCUT2D eigenvalue weighted by Gasteiger charge is 2.53. The molecule has 124 valence electrons. The first kappa shape index (κ1) is 15.2. The van der Waals surface area contributed by atoms with E-state index < -0.39 is 0 Å². The molecule has 5 atom stereocenters. The molecule has 0 spiro atoms. The number of amides is 2. The molecule has 3 aliphatic carbocycles. The molecular formula is C18H24N2O2S. The van der Waals surface area contributed by atoms with E-state index >= 15 is 0 Å². The zero-order valence-corrected chi connectivity index (χ0v) is 14.1. The predicted octanol–water partition coefficient (Wildman–Crippen LogP) is 2.81. The molecule has 1 aromatic heterocycles. The Morgan fingerprint density at radius 3 is 2.87 bits per heavy atom. The van der Waals surface area contributed by atoms with Gasteiger partial charge in [-0.15, -0.1) is 11.3 Å². The standard InChI is InChI=1S/C18H24N2O2S/c21-17(6-7-19-18(22)16-5-2-8-23-16)20-15-10-11-9-14(15)13-4-1-3-12(11)13/h2,5,8,11-15H,1,3-4,6-7,9-10H2,(H,19,22)(H,20,21). The van der Waals surface area contributed by atoms with Crippen molar-refractivity contribution in [2.75, 3.05) is 6.54 Å². The third-order valence-electron chi connectivity index (χ3n) is 6.16. The van der Waals surface area contributed by atoms with Crippen LogP contribution < -0.4 is 10.6 Å². The van der Waals surface area contributed by atoms with E-state index in [1.165, 1.54) is 43.4 Å². The Labute approximate surface area is 141 Å². The van der Waals surface area contributed by atoms with Gasteiger partial charge in [0, 0.05) is 19.0 Å². The molecular weight excluding hydrogens is 308 g/mol. The molecule has 23 heavy (non-hydrogen) atoms. The molecule has 2 amide bonds. The van der Waals surface area contributed by atoms with Crippen molar-refractivity contribution in [3.63, 3.8) is 0 Å². The highest BCUT2D eigenvalue weighted by Crippen LogP contribution is 2.58. The molecule has 1 aromatic rings. The molecule has 3 saturated carbocycles. The van der Waals surface area contributed by atoms with Crippen molar-refractivity contribution >= 4 is 23.2 Å². The zero-order chi connectivity index (χ0) is 15.8. The fraction of sp³-hybridized carbons (Fsp3) is 0.667. The van der Waals surface area contributed by atoms with Crippen LogP contribution in [0.2, 0.25) is 0 Å². The Balaban J connectivity index is 1.21. The largest absolute Gasteiger partial charge is 0.353 e. The highest BCUT2D eigenvalue weighted by atomic mass is 32.1. The maximum Gasteiger partial charge on any atom is 0.261 e. The first-order valence-corrected chi connectivity index (χ1v) is 9.71. The summed E-state index contributed by atoms with van der Waals surface area (Å²) in [6.07, 6.45) is 7.06. The number of nitrogens with one attached hydrogen (secondary N) is 2. The minimum atomic E-state index is -0.0819. The molecule has 2 bridgehead atoms. The van der Waals surface area contributed by atoms with Gasteiger partial charge in [0.25, 0.3) is 5.91 Å². The summed E-state index contributed by atoms with van der Waals surface area (Å²) in [5.41, 5.74) is 0. The maximum absolute atomic E-state index is 12.2. The van der Waals surface area contributed by atoms with Crippen LogP contribution in [0.15, 0.2) is 17.5 Å². The van der Waals surface area contributed by atoms with Crippen molar-refractivity contribution in [2.24, 2.45) is 23.7 Å². The Kier molecular flexibility index (Phi) is 4.14. The maximum atomic E-state index is 12.2. The second kappa shape index (κ2) is 6.27. The average Bonchev–Trinajstić information content (AvgIpc) is 3.28. The van der Waals surface area contributed by atoms with Gasteiger partial charge < -0.3 is 10.6 Å². The van der Waals surface area contributed by atoms with Crippen LogP contribution in [0, 0.1) is 23.7 Å². The minimum Gasteiger partial charge on any atom is -0.353 e. The van der Waals surface area contributed by atoms with Crippen molar-refractivity contribution in [2.45, 2.75) is 44.6 Å². The fourth-order valence-corrected chi connectivity index (χ4v) is 5.94. The smallest absolute Gasteiger partial charge is 0.261 e. The van der Waals surface area contributed by atoms with E-state index in [0.29, 0.717) is 23.9 Å². The van der Waals surface area contributed by atoms with Gasteiger partial charge in [0.1, 0.15) is 0 Å². The molecule has 4 rings (SSSR count). The monoisotopic (exact) mass is 332 g/mol. The third-order valence-corrected chi connectivity index (χ3v) is 7.03. The molecule has 0 radical (unpaired) electrons. The first-order valence-electron chi connectivity index (χ1n) is 8.83. The van der Waals surface area contributed by atoms with Crippen LogP contribution in [0.5, 0.6) is 0 Å². The number of rotatable bonds is 5. The normalized spacial score (nSPS) is 34.3. The van der Waals surface area contributed by atoms with Crippen LogP contribution >= 0.6 is 11.3 Å². The van der Waals surface area contributed by atoms with Gasteiger partial charge in [0.15, 0.2) is 0 Å². The molecule has 2 N–H and O–H groups in total. The average molecular weight is 332 g/mol. The molecule has 3 aliphatic rings. The van der Waals surface area contributed by atoms with E-state index in [-0.39, 0.29) is 11.8 Å². The van der Waals surface area contributed by atoms with Crippen molar-refractivity contribution in [1.82, 2.24) is 10.6 Å². The third kappa shape index (κ3) is 2.91. The molecule has 5 heteroatoms. The summed E-state index contributed by atoms with van der Waals surface area (Å²) in [5, 5.41) is 7.95. The van der Waals surface area contributed by atoms with Gasteiger partial charge in [0.2, 0.25) is 5.91 Å². The van der Waals surface area contributed by atoms with Gasteiger partial charge in [-0.25, -0.2) is 0 Å². The Bertz CT molecular complexity index is 586. The number of fused-ring (bicyclic) bond motifs is 5. The number of hydrogen-bond acceptors (Lipinski definition) is 3. The second-order valence-electron chi connectivity index (χ2n) is 7.31. The number of carbonyl (C=O) groups is 2. The lowest BCUT2D eigenvalue weighted by molar-refractivity contribution is -0.122. The van der Waals surface area contributed by atoms with Crippen molar-refractivity contribution < 1.29 is 9.59 Å². The molecule has 1 heterocycles. The van der Waals surface area contributed by atoms with Crippen LogP contribution in [0.1, 0.15) is 48.2 Å². The van der Waals surface area contributed by atoms with Crippen LogP contribution in [0.25, 0.3) is 0 Å². The second-order valence-corrected chi connectivity index (χ2v) is 8.26. The van der Waals surface area contributed by atoms with Crippen molar-refractivity contribution in [3.8, 4) is 0 Å². The fourth-order valence-electron chi connectivity index (χ4n) is 5.30. The lowest BCUT2D eigenvalue weighted by atomic mass is 9.79. The summed E-state index contributed by atoms with van der Waals surface area (Å²) in [6.45, 7) is 0.412. The molecule has 5 unspecified atom stereocenters. The van der Waals surface area contributed by atoms with E-state index in [0.717, 1.165) is 23.7 Å². The molecule has 0 saturated heterocycles. The summed E-state index contributed by atoms with van der Waals surface area (Å²) >= 11 is 1.42. The van der Waals surface area contributed by atoms with Crippen molar-refractivity contribution in [3.05, 3.63) is 22.4 Å². The van der Waals surface area contributed by atoms with Crippen LogP contribution in [-0.4, -0.2) is 24.4 Å². The van der Waals surface area contributed by atoms with Crippen LogP contribution in [0.3, 0.4) is 0 Å². The van der Waals surface area contributed by atoms with Crippen LogP contribution in [0.4, 0.5) is 0 Å². The minimum absolute atomic E-state index is 0.0819. The topological polar surface area (TPSA) is 58.2 Å². The number of thiophene rings is 1. The Morgan fingerprint density at radius 1 is 1.17 bits per heavy atom. The highest BCUT2D eigenvalue weighted by molar-refractivity contribution is 7.12. The van der Waals surface area contributed by atoms with E-state index in [4.69, 9.17) is 0 Å². The predicted molar refractivity (Wildman–Crippen MR) is 90.2 cm³/mol. The summed E-state index contributed by atoms with van der Waals surface area (Å²) in [6, 6.07) is 4.05. The van der Waals surface area contributed by atoms with E-state index in [1.807, 2.05) is 11.4 Å². The van der Waals surface area contributed by atoms with E-state index in [1.54, 1.807) is 6.07 Å². The Morgan fingerprint density at radius 2 is 2.04 bits per heavy atom. The SMILES string of the molecule is O=C(CCNC(=O)c1cccs1)NC1CC2CC1C1CCCC21. The van der Waals surface area contributed by atoms with Gasteiger partial charge in [-0.3, -0.25) is 9.59 Å². The molecule has 3 fully saturated rings. The van der Waals surface area contributed by atoms with Crippen LogP contribution in [-0.2, 0) is 4.79 Å². The van der Waals surface area contributed by atoms with Crippen molar-refractivity contribution in [1.29, 1.82) is 0 Å². The Hall–Kier alpha value is -1.36. The lowest BCUT2D eigenvalue weighted by Gasteiger charge is -2.32. The number of carbonyl (C=O) groups excluding carboxylic acids is 2. The lowest BCUT2D eigenvalue weighted by Crippen LogP contribution is -2.43. The summed E-state index contributed by atoms with van der Waals surface area (Å²) in [5.74, 6) is 3.41. The van der Waals surface area contributed by atoms with Gasteiger partial charge in [0.05, 0.1) is 4.88 Å². The quantitative estimate of drug-likeness (QED) is 0.871. The molecule has 0 aliphatic heterocycles.